The fraction of sp³-hybridized carbons (Fsp3) is 0.370. The number of carbonyl (C=O) groups excluding carboxylic acids is 2. The van der Waals surface area contributed by atoms with E-state index in [1.807, 2.05) is 0 Å². The number of anilines is 1. The minimum absolute atomic E-state index is 0.0256. The van der Waals surface area contributed by atoms with E-state index in [2.05, 4.69) is 5.32 Å². The monoisotopic (exact) mass is 525 g/mol. The average molecular weight is 526 g/mol. The lowest BCUT2D eigenvalue weighted by Crippen LogP contribution is -2.62. The molecule has 0 spiro atoms. The van der Waals surface area contributed by atoms with Crippen LogP contribution in [0.5, 0.6) is 11.5 Å². The molecule has 0 radical (unpaired) electrons. The molecule has 1 N–H and O–H groups in total. The first-order chi connectivity index (χ1) is 18.1. The smallest absolute Gasteiger partial charge is 0.496 e. The van der Waals surface area contributed by atoms with Crippen LogP contribution in [0.15, 0.2) is 51.7 Å². The number of hydrogen-bond donors (Lipinski definition) is 1. The summed E-state index contributed by atoms with van der Waals surface area (Å²) < 4.78 is 39.2. The molecule has 1 aromatic heterocycles. The molecule has 2 aliphatic rings. The van der Waals surface area contributed by atoms with Gasteiger partial charge in [-0.15, -0.1) is 0 Å². The molecule has 3 aromatic rings. The van der Waals surface area contributed by atoms with E-state index in [0.717, 1.165) is 0 Å². The first-order valence-corrected chi connectivity index (χ1v) is 11.9. The topological polar surface area (TPSA) is 132 Å². The van der Waals surface area contributed by atoms with Gasteiger partial charge < -0.3 is 38.2 Å². The SMILES string of the molecule is COc1ccccc1C(=O)Nc1cc2ccc(O[C@@H]3OC(C)(C)[C@H](OC)[C@H]4OC(=O)O[C@@H]34)c(C)c2oc1=O. The molecule has 2 aromatic carbocycles. The second-order valence-corrected chi connectivity index (χ2v) is 9.49. The molecule has 1 amide bonds. The van der Waals surface area contributed by atoms with E-state index in [0.29, 0.717) is 22.4 Å². The van der Waals surface area contributed by atoms with Crippen LogP contribution in [0.1, 0.15) is 29.8 Å². The van der Waals surface area contributed by atoms with Gasteiger partial charge in [0.2, 0.25) is 12.4 Å². The molecule has 3 heterocycles. The molecular formula is C27H27NO10. The summed E-state index contributed by atoms with van der Waals surface area (Å²) in [6, 6.07) is 11.5. The van der Waals surface area contributed by atoms with Crippen molar-refractivity contribution in [1.29, 1.82) is 0 Å². The zero-order valence-corrected chi connectivity index (χ0v) is 21.4. The van der Waals surface area contributed by atoms with Gasteiger partial charge in [-0.25, -0.2) is 9.59 Å². The number of hydrogen-bond acceptors (Lipinski definition) is 10. The van der Waals surface area contributed by atoms with Crippen LogP contribution in [0.2, 0.25) is 0 Å². The zero-order valence-electron chi connectivity index (χ0n) is 21.4. The Morgan fingerprint density at radius 1 is 1.00 bits per heavy atom. The van der Waals surface area contributed by atoms with E-state index >= 15 is 0 Å². The molecule has 0 bridgehead atoms. The molecule has 11 heteroatoms. The number of amides is 1. The molecule has 0 aliphatic carbocycles. The van der Waals surface area contributed by atoms with E-state index in [4.69, 9.17) is 32.8 Å². The fourth-order valence-electron chi connectivity index (χ4n) is 4.83. The highest BCUT2D eigenvalue weighted by molar-refractivity contribution is 6.06. The lowest BCUT2D eigenvalue weighted by atomic mass is 9.89. The summed E-state index contributed by atoms with van der Waals surface area (Å²) in [5.74, 6) is 0.211. The van der Waals surface area contributed by atoms with Crippen LogP contribution >= 0.6 is 0 Å². The lowest BCUT2D eigenvalue weighted by Gasteiger charge is -2.45. The molecule has 2 aliphatic heterocycles. The number of carbonyl (C=O) groups is 2. The summed E-state index contributed by atoms with van der Waals surface area (Å²) in [5.41, 5.74) is -0.571. The van der Waals surface area contributed by atoms with E-state index in [9.17, 15) is 14.4 Å². The maximum Gasteiger partial charge on any atom is 0.509 e. The number of aryl methyl sites for hydroxylation is 1. The van der Waals surface area contributed by atoms with E-state index < -0.39 is 47.9 Å². The summed E-state index contributed by atoms with van der Waals surface area (Å²) >= 11 is 0. The Kier molecular flexibility index (Phi) is 6.49. The molecule has 38 heavy (non-hydrogen) atoms. The van der Waals surface area contributed by atoms with Gasteiger partial charge in [0.05, 0.1) is 18.3 Å². The third-order valence-electron chi connectivity index (χ3n) is 6.66. The predicted octanol–water partition coefficient (Wildman–Crippen LogP) is 3.80. The highest BCUT2D eigenvalue weighted by Crippen LogP contribution is 2.39. The van der Waals surface area contributed by atoms with Gasteiger partial charge >= 0.3 is 11.8 Å². The Labute approximate surface area is 217 Å². The number of para-hydroxylation sites is 1. The molecular weight excluding hydrogens is 498 g/mol. The van der Waals surface area contributed by atoms with Crippen molar-refractivity contribution in [2.24, 2.45) is 0 Å². The number of benzene rings is 2. The summed E-state index contributed by atoms with van der Waals surface area (Å²) in [4.78, 5) is 37.5. The van der Waals surface area contributed by atoms with Crippen LogP contribution in [-0.4, -0.2) is 56.5 Å². The number of fused-ring (bicyclic) bond motifs is 2. The molecule has 0 saturated carbocycles. The van der Waals surface area contributed by atoms with Crippen LogP contribution in [0.25, 0.3) is 11.0 Å². The normalized spacial score (nSPS) is 23.8. The van der Waals surface area contributed by atoms with Crippen molar-refractivity contribution in [3.05, 3.63) is 64.0 Å². The predicted molar refractivity (Wildman–Crippen MR) is 134 cm³/mol. The second kappa shape index (κ2) is 9.66. The number of ether oxygens (including phenoxy) is 6. The summed E-state index contributed by atoms with van der Waals surface area (Å²) in [5, 5.41) is 3.15. The van der Waals surface area contributed by atoms with Crippen molar-refractivity contribution in [1.82, 2.24) is 0 Å². The van der Waals surface area contributed by atoms with Crippen molar-refractivity contribution in [3.63, 3.8) is 0 Å². The van der Waals surface area contributed by atoms with Crippen molar-refractivity contribution >= 4 is 28.7 Å². The Bertz CT molecular complexity index is 1460. The maximum absolute atomic E-state index is 12.8. The molecule has 4 atom stereocenters. The minimum Gasteiger partial charge on any atom is -0.496 e. The maximum atomic E-state index is 12.8. The van der Waals surface area contributed by atoms with Crippen LogP contribution in [0, 0.1) is 6.92 Å². The molecule has 5 rings (SSSR count). The first kappa shape index (κ1) is 25.6. The standard InChI is InChI=1S/C27H27NO10/c1-13-17(34-25-21-20(36-26(31)37-21)22(33-5)27(2,3)38-25)11-10-14-12-16(24(30)35-19(13)14)28-23(29)15-8-6-7-9-18(15)32-4/h6-12,20-22,25H,1-5H3,(H,28,29)/t20-,21+,22+,25+/m0/s1. The summed E-state index contributed by atoms with van der Waals surface area (Å²) in [7, 11) is 2.96. The van der Waals surface area contributed by atoms with Gasteiger partial charge in [-0.1, -0.05) is 12.1 Å². The number of nitrogens with one attached hydrogen (secondary N) is 1. The van der Waals surface area contributed by atoms with Crippen molar-refractivity contribution in [3.8, 4) is 11.5 Å². The zero-order chi connectivity index (χ0) is 27.2. The van der Waals surface area contributed by atoms with Crippen LogP contribution in [-0.2, 0) is 18.9 Å². The van der Waals surface area contributed by atoms with Crippen LogP contribution < -0.4 is 20.4 Å². The van der Waals surface area contributed by atoms with Gasteiger partial charge in [0, 0.05) is 18.1 Å². The molecule has 2 fully saturated rings. The van der Waals surface area contributed by atoms with Gasteiger partial charge in [0.25, 0.3) is 5.91 Å². The van der Waals surface area contributed by atoms with Gasteiger partial charge in [-0.3, -0.25) is 4.79 Å². The first-order valence-electron chi connectivity index (χ1n) is 11.9. The largest absolute Gasteiger partial charge is 0.509 e. The average Bonchev–Trinajstić information content (AvgIpc) is 3.27. The third kappa shape index (κ3) is 4.44. The lowest BCUT2D eigenvalue weighted by molar-refractivity contribution is -0.282. The van der Waals surface area contributed by atoms with Gasteiger partial charge in [-0.05, 0) is 51.1 Å². The Morgan fingerprint density at radius 3 is 2.47 bits per heavy atom. The minimum atomic E-state index is -1.00. The van der Waals surface area contributed by atoms with Gasteiger partial charge in [0.15, 0.2) is 6.10 Å². The Balaban J connectivity index is 1.42. The third-order valence-corrected chi connectivity index (χ3v) is 6.66. The summed E-state index contributed by atoms with van der Waals surface area (Å²) in [6.07, 6.45) is -4.00. The molecule has 200 valence electrons. The van der Waals surface area contributed by atoms with E-state index in [-0.39, 0.29) is 16.8 Å². The quantitative estimate of drug-likeness (QED) is 0.374. The van der Waals surface area contributed by atoms with Crippen molar-refractivity contribution < 1.29 is 42.4 Å². The highest BCUT2D eigenvalue weighted by Gasteiger charge is 2.59. The highest BCUT2D eigenvalue weighted by atomic mass is 16.8. The van der Waals surface area contributed by atoms with Gasteiger partial charge in [0.1, 0.15) is 28.9 Å². The number of rotatable bonds is 6. The van der Waals surface area contributed by atoms with Crippen LogP contribution in [0.3, 0.4) is 0 Å². The van der Waals surface area contributed by atoms with Crippen LogP contribution in [0.4, 0.5) is 10.5 Å². The Morgan fingerprint density at radius 2 is 1.74 bits per heavy atom. The number of methoxy groups -OCH3 is 2. The Hall–Kier alpha value is -4.09. The second-order valence-electron chi connectivity index (χ2n) is 9.49. The van der Waals surface area contributed by atoms with Crippen molar-refractivity contribution in [2.75, 3.05) is 19.5 Å². The summed E-state index contributed by atoms with van der Waals surface area (Å²) in [6.45, 7) is 5.31. The van der Waals surface area contributed by atoms with E-state index in [1.165, 1.54) is 20.3 Å². The molecule has 11 nitrogen and oxygen atoms in total. The molecule has 2 saturated heterocycles. The fourth-order valence-corrected chi connectivity index (χ4v) is 4.83. The van der Waals surface area contributed by atoms with E-state index in [1.54, 1.807) is 57.2 Å². The van der Waals surface area contributed by atoms with Crippen molar-refractivity contribution in [2.45, 2.75) is 51.0 Å². The van der Waals surface area contributed by atoms with Gasteiger partial charge in [-0.2, -0.15) is 0 Å². The molecule has 0 unspecified atom stereocenters.